The Morgan fingerprint density at radius 1 is 0.769 bits per heavy atom. The van der Waals surface area contributed by atoms with Gasteiger partial charge in [-0.05, 0) is 41.1 Å². The van der Waals surface area contributed by atoms with E-state index in [9.17, 15) is 0 Å². The molecule has 1 heteroatoms. The Morgan fingerprint density at radius 3 is 1.65 bits per heavy atom. The molecule has 1 nitrogen and oxygen atoms in total. The average molecular weight is 360 g/mol. The van der Waals surface area contributed by atoms with Crippen LogP contribution in [-0.2, 0) is 6.54 Å². The van der Waals surface area contributed by atoms with Crippen molar-refractivity contribution < 1.29 is 0 Å². The quantitative estimate of drug-likeness (QED) is 0.485. The zero-order valence-corrected chi connectivity index (χ0v) is 19.3. The van der Waals surface area contributed by atoms with Gasteiger partial charge in [-0.2, -0.15) is 0 Å². The maximum atomic E-state index is 2.84. The smallest absolute Gasteiger partial charge is 0.0239 e. The lowest BCUT2D eigenvalue weighted by Gasteiger charge is -2.48. The first-order valence-electron chi connectivity index (χ1n) is 10.5. The SMILES string of the molecule is CCC(CC(C)(C)C)N(Cc1ccccc1)C(CC(C)(C)C)C(C)(C)C. The average Bonchev–Trinajstić information content (AvgIpc) is 2.46. The monoisotopic (exact) mass is 359 g/mol. The lowest BCUT2D eigenvalue weighted by Crippen LogP contribution is -2.51. The van der Waals surface area contributed by atoms with Gasteiger partial charge in [-0.1, -0.05) is 99.6 Å². The molecular formula is C25H45N. The van der Waals surface area contributed by atoms with E-state index in [2.05, 4.69) is 104 Å². The normalized spacial score (nSPS) is 16.0. The molecule has 0 aliphatic carbocycles. The van der Waals surface area contributed by atoms with Crippen LogP contribution in [0.3, 0.4) is 0 Å². The van der Waals surface area contributed by atoms with E-state index in [-0.39, 0.29) is 5.41 Å². The van der Waals surface area contributed by atoms with Crippen molar-refractivity contribution in [3.63, 3.8) is 0 Å². The molecule has 26 heavy (non-hydrogen) atoms. The fourth-order valence-corrected chi connectivity index (χ4v) is 3.99. The molecule has 0 aromatic heterocycles. The van der Waals surface area contributed by atoms with Gasteiger partial charge in [0.05, 0.1) is 0 Å². The van der Waals surface area contributed by atoms with Crippen LogP contribution in [0.4, 0.5) is 0 Å². The summed E-state index contributed by atoms with van der Waals surface area (Å²) in [6.45, 7) is 25.0. The predicted octanol–water partition coefficient (Wildman–Crippen LogP) is 7.55. The minimum atomic E-state index is 0.257. The van der Waals surface area contributed by atoms with Crippen LogP contribution < -0.4 is 0 Å². The molecule has 0 heterocycles. The van der Waals surface area contributed by atoms with Crippen LogP contribution in [0.15, 0.2) is 30.3 Å². The summed E-state index contributed by atoms with van der Waals surface area (Å²) in [5.74, 6) is 0. The van der Waals surface area contributed by atoms with Crippen molar-refractivity contribution in [2.24, 2.45) is 16.2 Å². The van der Waals surface area contributed by atoms with Gasteiger partial charge in [0.25, 0.3) is 0 Å². The van der Waals surface area contributed by atoms with Gasteiger partial charge in [0.2, 0.25) is 0 Å². The maximum Gasteiger partial charge on any atom is 0.0239 e. The zero-order valence-electron chi connectivity index (χ0n) is 19.3. The molecule has 2 atom stereocenters. The summed E-state index contributed by atoms with van der Waals surface area (Å²) in [6, 6.07) is 12.2. The van der Waals surface area contributed by atoms with E-state index in [1.807, 2.05) is 0 Å². The first kappa shape index (κ1) is 23.2. The van der Waals surface area contributed by atoms with Crippen molar-refractivity contribution in [2.45, 2.75) is 107 Å². The van der Waals surface area contributed by atoms with Crippen LogP contribution >= 0.6 is 0 Å². The van der Waals surface area contributed by atoms with Crippen LogP contribution in [0.1, 0.15) is 94.1 Å². The van der Waals surface area contributed by atoms with Crippen molar-refractivity contribution in [3.05, 3.63) is 35.9 Å². The van der Waals surface area contributed by atoms with Crippen LogP contribution in [0, 0.1) is 16.2 Å². The Hall–Kier alpha value is -0.820. The molecule has 1 rings (SSSR count). The third-order valence-electron chi connectivity index (χ3n) is 5.20. The second-order valence-corrected chi connectivity index (χ2v) is 11.6. The first-order valence-corrected chi connectivity index (χ1v) is 10.5. The number of hydrogen-bond donors (Lipinski definition) is 0. The second-order valence-electron chi connectivity index (χ2n) is 11.6. The standard InChI is InChI=1S/C25H45N/c1-11-21(17-23(2,3)4)26(19-20-15-13-12-14-16-20)22(25(8,9)10)18-24(5,6)7/h12-16,21-22H,11,17-19H2,1-10H3. The van der Waals surface area contributed by atoms with Crippen molar-refractivity contribution in [1.82, 2.24) is 4.90 Å². The molecule has 0 spiro atoms. The molecule has 0 saturated heterocycles. The van der Waals surface area contributed by atoms with Crippen LogP contribution in [-0.4, -0.2) is 17.0 Å². The Labute approximate surface area is 164 Å². The minimum absolute atomic E-state index is 0.257. The molecule has 0 saturated carbocycles. The van der Waals surface area contributed by atoms with Gasteiger partial charge in [-0.25, -0.2) is 0 Å². The number of rotatable bonds is 7. The summed E-state index contributed by atoms with van der Waals surface area (Å²) < 4.78 is 0. The lowest BCUT2D eigenvalue weighted by molar-refractivity contribution is 0.00838. The molecule has 150 valence electrons. The highest BCUT2D eigenvalue weighted by Crippen LogP contribution is 2.38. The van der Waals surface area contributed by atoms with E-state index in [0.717, 1.165) is 6.54 Å². The fraction of sp³-hybridized carbons (Fsp3) is 0.760. The Kier molecular flexibility index (Phi) is 7.96. The first-order chi connectivity index (χ1) is 11.7. The van der Waals surface area contributed by atoms with Gasteiger partial charge in [0, 0.05) is 18.6 Å². The number of hydrogen-bond acceptors (Lipinski definition) is 1. The Balaban J connectivity index is 3.29. The molecule has 1 aromatic rings. The van der Waals surface area contributed by atoms with Crippen LogP contribution in [0.2, 0.25) is 0 Å². The second kappa shape index (κ2) is 8.91. The van der Waals surface area contributed by atoms with Crippen LogP contribution in [0.5, 0.6) is 0 Å². The Bertz CT molecular complexity index is 510. The van der Waals surface area contributed by atoms with Crippen molar-refractivity contribution in [1.29, 1.82) is 0 Å². The highest BCUT2D eigenvalue weighted by atomic mass is 15.2. The van der Waals surface area contributed by atoms with Crippen molar-refractivity contribution in [3.8, 4) is 0 Å². The summed E-state index contributed by atoms with van der Waals surface area (Å²) in [4.78, 5) is 2.84. The lowest BCUT2D eigenvalue weighted by atomic mass is 9.74. The summed E-state index contributed by atoms with van der Waals surface area (Å²) in [5.41, 5.74) is 2.36. The highest BCUT2D eigenvalue weighted by molar-refractivity contribution is 5.15. The Morgan fingerprint density at radius 2 is 1.27 bits per heavy atom. The van der Waals surface area contributed by atoms with Crippen molar-refractivity contribution >= 4 is 0 Å². The summed E-state index contributed by atoms with van der Waals surface area (Å²) >= 11 is 0. The summed E-state index contributed by atoms with van der Waals surface area (Å²) in [6.07, 6.45) is 3.68. The third kappa shape index (κ3) is 8.25. The van der Waals surface area contributed by atoms with E-state index >= 15 is 0 Å². The highest BCUT2D eigenvalue weighted by Gasteiger charge is 2.37. The van der Waals surface area contributed by atoms with Gasteiger partial charge in [-0.3, -0.25) is 4.90 Å². The number of nitrogens with zero attached hydrogens (tertiary/aromatic N) is 1. The van der Waals surface area contributed by atoms with Gasteiger partial charge in [-0.15, -0.1) is 0 Å². The molecule has 0 fully saturated rings. The van der Waals surface area contributed by atoms with Crippen molar-refractivity contribution in [2.75, 3.05) is 0 Å². The van der Waals surface area contributed by atoms with E-state index in [1.165, 1.54) is 24.8 Å². The van der Waals surface area contributed by atoms with E-state index in [0.29, 0.717) is 22.9 Å². The van der Waals surface area contributed by atoms with Gasteiger partial charge in [0.15, 0.2) is 0 Å². The fourth-order valence-electron chi connectivity index (χ4n) is 3.99. The van der Waals surface area contributed by atoms with Gasteiger partial charge in [0.1, 0.15) is 0 Å². The number of benzene rings is 1. The molecule has 0 aliphatic rings. The van der Waals surface area contributed by atoms with Crippen LogP contribution in [0.25, 0.3) is 0 Å². The third-order valence-corrected chi connectivity index (χ3v) is 5.20. The molecule has 0 N–H and O–H groups in total. The van der Waals surface area contributed by atoms with E-state index in [1.54, 1.807) is 0 Å². The van der Waals surface area contributed by atoms with Gasteiger partial charge < -0.3 is 0 Å². The topological polar surface area (TPSA) is 3.24 Å². The van der Waals surface area contributed by atoms with Gasteiger partial charge >= 0.3 is 0 Å². The molecule has 1 aromatic carbocycles. The largest absolute Gasteiger partial charge is 0.293 e. The summed E-state index contributed by atoms with van der Waals surface area (Å²) in [5, 5.41) is 0. The zero-order chi connectivity index (χ0) is 20.2. The molecule has 0 bridgehead atoms. The van der Waals surface area contributed by atoms with E-state index in [4.69, 9.17) is 0 Å². The molecule has 0 aliphatic heterocycles. The minimum Gasteiger partial charge on any atom is -0.293 e. The van der Waals surface area contributed by atoms with E-state index < -0.39 is 0 Å². The summed E-state index contributed by atoms with van der Waals surface area (Å²) in [7, 11) is 0. The maximum absolute atomic E-state index is 2.84. The predicted molar refractivity (Wildman–Crippen MR) is 117 cm³/mol. The molecule has 0 amide bonds. The molecule has 2 unspecified atom stereocenters. The molecular weight excluding hydrogens is 314 g/mol. The molecule has 0 radical (unpaired) electrons.